The number of nitrogens with one attached hydrogen (secondary N) is 1. The van der Waals surface area contributed by atoms with Crippen LogP contribution in [0.2, 0.25) is 0 Å². The number of carbonyl (C=O) groups is 1. The van der Waals surface area contributed by atoms with Gasteiger partial charge >= 0.3 is 0 Å². The van der Waals surface area contributed by atoms with Crippen molar-refractivity contribution in [3.63, 3.8) is 0 Å². The molecule has 2 aromatic heterocycles. The molecule has 0 radical (unpaired) electrons. The second-order valence-corrected chi connectivity index (χ2v) is 8.67. The number of amides is 1. The number of hydrogen-bond donors (Lipinski definition) is 1. The maximum absolute atomic E-state index is 13.1. The minimum atomic E-state index is -0.159. The van der Waals surface area contributed by atoms with E-state index in [0.29, 0.717) is 16.1 Å². The van der Waals surface area contributed by atoms with Crippen molar-refractivity contribution in [2.24, 2.45) is 5.92 Å². The Hall–Kier alpha value is -2.47. The first-order chi connectivity index (χ1) is 13.5. The van der Waals surface area contributed by atoms with Crippen LogP contribution in [0, 0.1) is 12.8 Å². The maximum Gasteiger partial charge on any atom is 0.263 e. The van der Waals surface area contributed by atoms with Crippen LogP contribution in [0.25, 0.3) is 21.3 Å². The molecule has 5 nitrogen and oxygen atoms in total. The summed E-state index contributed by atoms with van der Waals surface area (Å²) >= 11 is 1.46. The van der Waals surface area contributed by atoms with Crippen LogP contribution >= 0.6 is 11.3 Å². The highest BCUT2D eigenvalue weighted by atomic mass is 32.1. The summed E-state index contributed by atoms with van der Waals surface area (Å²) in [5.41, 5.74) is 2.89. The molecule has 146 valence electrons. The van der Waals surface area contributed by atoms with Gasteiger partial charge in [-0.15, -0.1) is 11.3 Å². The lowest BCUT2D eigenvalue weighted by molar-refractivity contribution is -0.123. The van der Waals surface area contributed by atoms with Gasteiger partial charge in [0, 0.05) is 17.0 Å². The summed E-state index contributed by atoms with van der Waals surface area (Å²) < 4.78 is 1.43. The van der Waals surface area contributed by atoms with Crippen molar-refractivity contribution < 1.29 is 4.79 Å². The van der Waals surface area contributed by atoms with Gasteiger partial charge in [-0.25, -0.2) is 4.98 Å². The van der Waals surface area contributed by atoms with Crippen molar-refractivity contribution >= 4 is 27.5 Å². The Kier molecular flexibility index (Phi) is 5.31. The third kappa shape index (κ3) is 3.74. The maximum atomic E-state index is 13.1. The molecule has 1 N–H and O–H groups in total. The van der Waals surface area contributed by atoms with Crippen LogP contribution in [0.1, 0.15) is 38.2 Å². The fourth-order valence-corrected chi connectivity index (χ4v) is 4.87. The number of fused-ring (bicyclic) bond motifs is 1. The fraction of sp³-hybridized carbons (Fsp3) is 0.409. The Morgan fingerprint density at radius 2 is 2.00 bits per heavy atom. The van der Waals surface area contributed by atoms with E-state index in [1.54, 1.807) is 0 Å². The Bertz CT molecular complexity index is 1050. The largest absolute Gasteiger partial charge is 0.352 e. The molecule has 6 heteroatoms. The minimum absolute atomic E-state index is 0.00811. The highest BCUT2D eigenvalue weighted by Gasteiger charge is 2.23. The number of benzene rings is 1. The van der Waals surface area contributed by atoms with Crippen molar-refractivity contribution in [3.05, 3.63) is 51.9 Å². The van der Waals surface area contributed by atoms with Crippen LogP contribution in [0.3, 0.4) is 0 Å². The van der Waals surface area contributed by atoms with E-state index >= 15 is 0 Å². The van der Waals surface area contributed by atoms with Crippen molar-refractivity contribution in [1.29, 1.82) is 0 Å². The van der Waals surface area contributed by atoms with E-state index in [1.807, 2.05) is 36.6 Å². The van der Waals surface area contributed by atoms with Gasteiger partial charge in [0.05, 0.1) is 11.7 Å². The monoisotopic (exact) mass is 395 g/mol. The molecule has 3 aromatic rings. The van der Waals surface area contributed by atoms with E-state index in [4.69, 9.17) is 0 Å². The van der Waals surface area contributed by atoms with E-state index in [0.717, 1.165) is 30.4 Å². The van der Waals surface area contributed by atoms with Crippen LogP contribution in [0.5, 0.6) is 0 Å². The summed E-state index contributed by atoms with van der Waals surface area (Å²) in [5.74, 6) is 0.370. The third-order valence-corrected chi connectivity index (χ3v) is 6.58. The molecule has 1 aliphatic rings. The molecule has 2 unspecified atom stereocenters. The number of hydrogen-bond acceptors (Lipinski definition) is 4. The topological polar surface area (TPSA) is 64.0 Å². The lowest BCUT2D eigenvalue weighted by Gasteiger charge is -2.29. The van der Waals surface area contributed by atoms with E-state index in [9.17, 15) is 9.59 Å². The van der Waals surface area contributed by atoms with Gasteiger partial charge < -0.3 is 5.32 Å². The Morgan fingerprint density at radius 1 is 1.25 bits per heavy atom. The molecule has 1 fully saturated rings. The van der Waals surface area contributed by atoms with Gasteiger partial charge in [0.1, 0.15) is 11.4 Å². The molecule has 2 atom stereocenters. The van der Waals surface area contributed by atoms with Gasteiger partial charge in [-0.1, -0.05) is 49.6 Å². The van der Waals surface area contributed by atoms with Gasteiger partial charge in [0.15, 0.2) is 0 Å². The molecular weight excluding hydrogens is 370 g/mol. The van der Waals surface area contributed by atoms with Gasteiger partial charge in [0.2, 0.25) is 5.91 Å². The summed E-state index contributed by atoms with van der Waals surface area (Å²) in [7, 11) is 0. The molecule has 0 bridgehead atoms. The zero-order chi connectivity index (χ0) is 19.7. The molecule has 28 heavy (non-hydrogen) atoms. The lowest BCUT2D eigenvalue weighted by Crippen LogP contribution is -2.43. The highest BCUT2D eigenvalue weighted by molar-refractivity contribution is 7.17. The standard InChI is InChI=1S/C22H25N3O2S/c1-14-7-9-16(10-8-14)17-12-28-21-20(17)22(27)25(13-23-21)11-19(26)24-18-6-4-3-5-15(18)2/h7-10,12-13,15,18H,3-6,11H2,1-2H3,(H,24,26). The Labute approximate surface area is 168 Å². The van der Waals surface area contributed by atoms with Crippen LogP contribution in [-0.2, 0) is 11.3 Å². The number of aryl methyl sites for hydroxylation is 1. The molecule has 2 heterocycles. The van der Waals surface area contributed by atoms with Crippen molar-refractivity contribution in [1.82, 2.24) is 14.9 Å². The van der Waals surface area contributed by atoms with Gasteiger partial charge in [-0.2, -0.15) is 0 Å². The van der Waals surface area contributed by atoms with Crippen LogP contribution in [0.4, 0.5) is 0 Å². The summed E-state index contributed by atoms with van der Waals surface area (Å²) in [5, 5.41) is 5.68. The summed E-state index contributed by atoms with van der Waals surface area (Å²) in [6.07, 6.45) is 6.03. The van der Waals surface area contributed by atoms with E-state index in [-0.39, 0.29) is 24.1 Å². The SMILES string of the molecule is Cc1ccc(-c2csc3ncn(CC(=O)NC4CCCCC4C)c(=O)c23)cc1. The molecule has 0 saturated heterocycles. The quantitative estimate of drug-likeness (QED) is 0.722. The lowest BCUT2D eigenvalue weighted by atomic mass is 9.86. The first-order valence-corrected chi connectivity index (χ1v) is 10.7. The predicted octanol–water partition coefficient (Wildman–Crippen LogP) is 4.13. The van der Waals surface area contributed by atoms with Crippen molar-refractivity contribution in [2.75, 3.05) is 0 Å². The molecular formula is C22H25N3O2S. The molecule has 1 amide bonds. The number of thiophene rings is 1. The first-order valence-electron chi connectivity index (χ1n) is 9.86. The Balaban J connectivity index is 1.60. The van der Waals surface area contributed by atoms with E-state index < -0.39 is 0 Å². The first kappa shape index (κ1) is 18.9. The normalized spacial score (nSPS) is 19.6. The average molecular weight is 396 g/mol. The summed E-state index contributed by atoms with van der Waals surface area (Å²) in [6.45, 7) is 4.23. The Morgan fingerprint density at radius 3 is 2.75 bits per heavy atom. The number of aromatic nitrogens is 2. The number of rotatable bonds is 4. The van der Waals surface area contributed by atoms with Crippen molar-refractivity contribution in [2.45, 2.75) is 52.1 Å². The smallest absolute Gasteiger partial charge is 0.263 e. The van der Waals surface area contributed by atoms with E-state index in [2.05, 4.69) is 17.2 Å². The van der Waals surface area contributed by atoms with Crippen molar-refractivity contribution in [3.8, 4) is 11.1 Å². The van der Waals surface area contributed by atoms with Gasteiger partial charge in [-0.05, 0) is 31.2 Å². The molecule has 0 spiro atoms. The highest BCUT2D eigenvalue weighted by Crippen LogP contribution is 2.30. The summed E-state index contributed by atoms with van der Waals surface area (Å²) in [6, 6.07) is 8.31. The molecule has 0 aliphatic heterocycles. The molecule has 1 aliphatic carbocycles. The number of nitrogens with zero attached hydrogens (tertiary/aromatic N) is 2. The third-order valence-electron chi connectivity index (χ3n) is 5.70. The van der Waals surface area contributed by atoms with Gasteiger partial charge in [0.25, 0.3) is 5.56 Å². The number of carbonyl (C=O) groups excluding carboxylic acids is 1. The second kappa shape index (κ2) is 7.87. The van der Waals surface area contributed by atoms with Crippen LogP contribution < -0.4 is 10.9 Å². The zero-order valence-electron chi connectivity index (χ0n) is 16.3. The van der Waals surface area contributed by atoms with Gasteiger partial charge in [-0.3, -0.25) is 14.2 Å². The zero-order valence-corrected chi connectivity index (χ0v) is 17.1. The van der Waals surface area contributed by atoms with E-state index in [1.165, 1.54) is 34.2 Å². The van der Waals surface area contributed by atoms with Crippen LogP contribution in [0.15, 0.2) is 40.8 Å². The average Bonchev–Trinajstić information content (AvgIpc) is 3.11. The fourth-order valence-electron chi connectivity index (χ4n) is 3.96. The molecule has 1 saturated carbocycles. The minimum Gasteiger partial charge on any atom is -0.352 e. The predicted molar refractivity (Wildman–Crippen MR) is 114 cm³/mol. The summed E-state index contributed by atoms with van der Waals surface area (Å²) in [4.78, 5) is 30.8. The molecule has 4 rings (SSSR count). The molecule has 1 aromatic carbocycles. The van der Waals surface area contributed by atoms with Crippen LogP contribution in [-0.4, -0.2) is 21.5 Å². The second-order valence-electron chi connectivity index (χ2n) is 7.81.